The summed E-state index contributed by atoms with van der Waals surface area (Å²) in [6.07, 6.45) is 0. The molecule has 0 N–H and O–H groups in total. The van der Waals surface area contributed by atoms with E-state index >= 15 is 0 Å². The predicted molar refractivity (Wildman–Crippen MR) is 51.9 cm³/mol. The Hall–Kier alpha value is -0.0275. The van der Waals surface area contributed by atoms with Crippen LogP contribution in [0.5, 0.6) is 0 Å². The van der Waals surface area contributed by atoms with Crippen molar-refractivity contribution in [2.75, 3.05) is 0 Å². The van der Waals surface area contributed by atoms with Crippen molar-refractivity contribution in [1.82, 2.24) is 0 Å². The maximum atomic E-state index is 11.4. The maximum Gasteiger partial charge on any atom is 3.00 e. The number of alkyl halides is 6. The summed E-state index contributed by atoms with van der Waals surface area (Å²) in [7, 11) is -13.4. The first kappa shape index (κ1) is 26.5. The topological polar surface area (TPSA) is 82.4 Å². The molecule has 108 valence electrons. The number of hydrogen-bond acceptors (Lipinski definition) is 4. The Bertz CT molecular complexity index is 395. The van der Waals surface area contributed by atoms with Crippen molar-refractivity contribution in [2.45, 2.75) is 11.0 Å². The van der Waals surface area contributed by atoms with E-state index in [0.29, 0.717) is 0 Å². The molecule has 14 heteroatoms. The molecule has 0 radical (unpaired) electrons. The number of rotatable bonds is 2. The first-order chi connectivity index (χ1) is 6.21. The molecule has 0 rings (SSSR count). The molecule has 0 saturated carbocycles. The van der Waals surface area contributed by atoms with Gasteiger partial charge in [0.1, 0.15) is 0 Å². The smallest absolute Gasteiger partial charge is 0.421 e. The minimum atomic E-state index is -6.72. The van der Waals surface area contributed by atoms with Crippen LogP contribution in [0, 0.1) is 14.9 Å². The quantitative estimate of drug-likeness (QED) is 0.435. The average Bonchev–Trinajstić information content (AvgIpc) is 1.77. The molecule has 0 aromatic heterocycles. The Balaban J connectivity index is -0.000000327. The van der Waals surface area contributed by atoms with Crippen LogP contribution in [-0.4, -0.2) is 45.2 Å². The summed E-state index contributed by atoms with van der Waals surface area (Å²) in [5, 5.41) is 0. The van der Waals surface area contributed by atoms with Crippen molar-refractivity contribution >= 4 is 37.4 Å². The SMILES string of the molecule is O=S(=O)([N-]S(=O)(=O)C(F)(F)F)C(F)(F)F.[Al+3].[CH3-].[CH3-]. The molecule has 0 aliphatic rings. The fourth-order valence-corrected chi connectivity index (χ4v) is 1.92. The fourth-order valence-electron chi connectivity index (χ4n) is 0.214. The second-order valence-corrected chi connectivity index (χ2v) is 5.34. The summed E-state index contributed by atoms with van der Waals surface area (Å²) in [5.41, 5.74) is -12.4. The van der Waals surface area contributed by atoms with Crippen molar-refractivity contribution in [3.05, 3.63) is 19.0 Å². The van der Waals surface area contributed by atoms with E-state index in [1.165, 1.54) is 0 Å². The Morgan fingerprint density at radius 2 is 0.833 bits per heavy atom. The zero-order chi connectivity index (χ0) is 12.7. The zero-order valence-corrected chi connectivity index (χ0v) is 11.5. The van der Waals surface area contributed by atoms with Gasteiger partial charge in [0, 0.05) is 0 Å². The minimum Gasteiger partial charge on any atom is -0.421 e. The summed E-state index contributed by atoms with van der Waals surface area (Å²) < 4.78 is 109. The first-order valence-corrected chi connectivity index (χ1v) is 5.45. The van der Waals surface area contributed by atoms with Gasteiger partial charge in [-0.25, -0.2) is 16.8 Å². The summed E-state index contributed by atoms with van der Waals surface area (Å²) >= 11 is 0. The number of halogens is 6. The normalized spacial score (nSPS) is 12.8. The average molecular weight is 337 g/mol. The van der Waals surface area contributed by atoms with Crippen LogP contribution in [0.4, 0.5) is 26.3 Å². The van der Waals surface area contributed by atoms with Crippen molar-refractivity contribution in [3.63, 3.8) is 0 Å². The van der Waals surface area contributed by atoms with Gasteiger partial charge in [-0.2, -0.15) is 26.3 Å². The van der Waals surface area contributed by atoms with Crippen molar-refractivity contribution in [2.24, 2.45) is 0 Å². The van der Waals surface area contributed by atoms with Crippen LogP contribution in [0.15, 0.2) is 0 Å². The van der Waals surface area contributed by atoms with E-state index in [2.05, 4.69) is 0 Å². The molecule has 0 unspecified atom stereocenters. The molecule has 0 heterocycles. The van der Waals surface area contributed by atoms with Gasteiger partial charge in [0.15, 0.2) is 20.0 Å². The van der Waals surface area contributed by atoms with Gasteiger partial charge in [0.05, 0.1) is 0 Å². The second kappa shape index (κ2) is 6.94. The van der Waals surface area contributed by atoms with Gasteiger partial charge < -0.3 is 19.0 Å². The number of sulfonamides is 2. The Labute approximate surface area is 111 Å². The van der Waals surface area contributed by atoms with Crippen molar-refractivity contribution in [3.8, 4) is 0 Å². The van der Waals surface area contributed by atoms with E-state index in [4.69, 9.17) is 0 Å². The second-order valence-electron chi connectivity index (χ2n) is 1.92. The van der Waals surface area contributed by atoms with E-state index < -0.39 is 31.1 Å². The molecule has 0 atom stereocenters. The van der Waals surface area contributed by atoms with Crippen LogP contribution in [-0.2, 0) is 20.0 Å². The molecule has 0 aromatic carbocycles. The Kier molecular flexibility index (Phi) is 10.2. The molecule has 0 amide bonds. The molecule has 0 aromatic rings. The molecule has 0 fully saturated rings. The summed E-state index contributed by atoms with van der Waals surface area (Å²) in [6.45, 7) is 0. The summed E-state index contributed by atoms with van der Waals surface area (Å²) in [4.78, 5) is 0. The maximum absolute atomic E-state index is 11.4. The Morgan fingerprint density at radius 3 is 0.944 bits per heavy atom. The van der Waals surface area contributed by atoms with E-state index in [9.17, 15) is 43.2 Å². The summed E-state index contributed by atoms with van der Waals surface area (Å²) in [5.74, 6) is 0. The van der Waals surface area contributed by atoms with Gasteiger partial charge in [0.2, 0.25) is 0 Å². The third-order valence-electron chi connectivity index (χ3n) is 0.781. The van der Waals surface area contributed by atoms with Gasteiger partial charge in [-0.3, -0.25) is 0 Å². The van der Waals surface area contributed by atoms with Gasteiger partial charge in [0.25, 0.3) is 0 Å². The molecule has 0 spiro atoms. The zero-order valence-electron chi connectivity index (χ0n) is 8.74. The molecule has 18 heavy (non-hydrogen) atoms. The van der Waals surface area contributed by atoms with E-state index in [1.54, 1.807) is 0 Å². The summed E-state index contributed by atoms with van der Waals surface area (Å²) in [6, 6.07) is 0. The van der Waals surface area contributed by atoms with Crippen molar-refractivity contribution in [1.29, 1.82) is 0 Å². The van der Waals surface area contributed by atoms with Crippen LogP contribution in [0.25, 0.3) is 4.13 Å². The van der Waals surface area contributed by atoms with E-state index in [0.717, 1.165) is 4.13 Å². The van der Waals surface area contributed by atoms with Crippen molar-refractivity contribution < 1.29 is 43.2 Å². The Morgan fingerprint density at radius 1 is 0.667 bits per heavy atom. The van der Waals surface area contributed by atoms with Crippen LogP contribution >= 0.6 is 0 Å². The molecular formula is C4H6AlF6NO4S2. The van der Waals surface area contributed by atoms with E-state index in [1.807, 2.05) is 0 Å². The molecule has 0 saturated heterocycles. The fraction of sp³-hybridized carbons (Fsp3) is 0.500. The number of nitrogens with zero attached hydrogens (tertiary/aromatic N) is 1. The molecule has 0 bridgehead atoms. The standard InChI is InChI=1S/C2F6NO4S2.2CH3.Al/c3-1(4,5)14(10,11)9-15(12,13)2(6,7)8;;;/h;2*1H3;/q3*-1;+3. The third kappa shape index (κ3) is 6.23. The third-order valence-corrected chi connectivity index (χ3v) is 3.52. The van der Waals surface area contributed by atoms with Crippen LogP contribution in [0.3, 0.4) is 0 Å². The van der Waals surface area contributed by atoms with Gasteiger partial charge >= 0.3 is 28.4 Å². The number of hydrogen-bond donors (Lipinski definition) is 0. The monoisotopic (exact) mass is 337 g/mol. The largest absolute Gasteiger partial charge is 3.00 e. The first-order valence-electron chi connectivity index (χ1n) is 2.57. The predicted octanol–water partition coefficient (Wildman–Crippen LogP) is 1.58. The minimum absolute atomic E-state index is 0. The molecule has 5 nitrogen and oxygen atoms in total. The van der Waals surface area contributed by atoms with Gasteiger partial charge in [-0.15, -0.1) is 0 Å². The van der Waals surface area contributed by atoms with Crippen LogP contribution < -0.4 is 0 Å². The van der Waals surface area contributed by atoms with Crippen LogP contribution in [0.1, 0.15) is 0 Å². The molecule has 0 aliphatic heterocycles. The molecule has 0 aliphatic carbocycles. The van der Waals surface area contributed by atoms with Gasteiger partial charge in [-0.1, -0.05) is 0 Å². The molecular weight excluding hydrogens is 331 g/mol. The van der Waals surface area contributed by atoms with Gasteiger partial charge in [-0.05, 0) is 0 Å². The van der Waals surface area contributed by atoms with Crippen LogP contribution in [0.2, 0.25) is 0 Å². The van der Waals surface area contributed by atoms with E-state index in [-0.39, 0.29) is 32.2 Å².